The van der Waals surface area contributed by atoms with Crippen LogP contribution < -0.4 is 10.1 Å². The predicted octanol–water partition coefficient (Wildman–Crippen LogP) is 7.16. The van der Waals surface area contributed by atoms with E-state index in [9.17, 15) is 29.1 Å². The van der Waals surface area contributed by atoms with Gasteiger partial charge in [0, 0.05) is 39.4 Å². The fourth-order valence-corrected chi connectivity index (χ4v) is 5.84. The Morgan fingerprint density at radius 3 is 2.02 bits per heavy atom. The van der Waals surface area contributed by atoms with Crippen LogP contribution in [0.1, 0.15) is 136 Å². The van der Waals surface area contributed by atoms with Crippen LogP contribution in [-0.4, -0.2) is 86.0 Å². The zero-order chi connectivity index (χ0) is 41.1. The standard InChI is InChI=1S/C43H69NO11/c1-8-10-12-15-18-21-34(45)22-19-16-13-14-17-20-23-36(43(50,28-30-51-6)41(49)54-32-38(46)55-42(3,4)5)39(47)44-37(40(48)52-7)31-33-24-26-35(27-25-33)53-29-11-9-2/h20,23-27,36-37,50H,8-19,21-22,28-32H2,1-7H3,(H,44,47)/b23-20+/t36-,37+,43+/m1/s1. The van der Waals surface area contributed by atoms with E-state index in [1.54, 1.807) is 51.1 Å². The van der Waals surface area contributed by atoms with E-state index < -0.39 is 53.6 Å². The summed E-state index contributed by atoms with van der Waals surface area (Å²) in [7, 11) is 2.59. The van der Waals surface area contributed by atoms with Crippen LogP contribution in [0.5, 0.6) is 5.75 Å². The fourth-order valence-electron chi connectivity index (χ4n) is 5.84. The van der Waals surface area contributed by atoms with Crippen molar-refractivity contribution in [1.29, 1.82) is 0 Å². The second-order valence-corrected chi connectivity index (χ2v) is 15.0. The van der Waals surface area contributed by atoms with Gasteiger partial charge in [0.05, 0.1) is 19.6 Å². The van der Waals surface area contributed by atoms with Crippen molar-refractivity contribution in [3.63, 3.8) is 0 Å². The molecule has 0 radical (unpaired) electrons. The summed E-state index contributed by atoms with van der Waals surface area (Å²) in [6, 6.07) is 5.97. The Balaban J connectivity index is 3.15. The minimum Gasteiger partial charge on any atom is -0.494 e. The number of ether oxygens (including phenoxy) is 5. The number of methoxy groups -OCH3 is 2. The summed E-state index contributed by atoms with van der Waals surface area (Å²) in [5, 5.41) is 14.6. The Hall–Kier alpha value is -3.77. The summed E-state index contributed by atoms with van der Waals surface area (Å²) in [6.45, 7) is 8.90. The fraction of sp³-hybridized carbons (Fsp3) is 0.698. The Morgan fingerprint density at radius 2 is 1.44 bits per heavy atom. The van der Waals surface area contributed by atoms with Crippen molar-refractivity contribution < 1.29 is 52.8 Å². The van der Waals surface area contributed by atoms with Crippen LogP contribution in [0.25, 0.3) is 0 Å². The van der Waals surface area contributed by atoms with Gasteiger partial charge < -0.3 is 34.1 Å². The highest BCUT2D eigenvalue weighted by Crippen LogP contribution is 2.27. The number of allylic oxidation sites excluding steroid dienone is 1. The Morgan fingerprint density at radius 1 is 0.818 bits per heavy atom. The Labute approximate surface area is 329 Å². The topological polar surface area (TPSA) is 164 Å². The predicted molar refractivity (Wildman–Crippen MR) is 211 cm³/mol. The number of hydrogen-bond donors (Lipinski definition) is 2. The van der Waals surface area contributed by atoms with E-state index in [1.807, 2.05) is 0 Å². The zero-order valence-electron chi connectivity index (χ0n) is 34.6. The molecule has 0 saturated carbocycles. The first-order chi connectivity index (χ1) is 26.2. The van der Waals surface area contributed by atoms with E-state index in [4.69, 9.17) is 23.7 Å². The number of unbranched alkanes of at least 4 members (excludes halogenated alkanes) is 9. The molecule has 55 heavy (non-hydrogen) atoms. The third kappa shape index (κ3) is 21.2. The summed E-state index contributed by atoms with van der Waals surface area (Å²) >= 11 is 0. The molecule has 12 heteroatoms. The summed E-state index contributed by atoms with van der Waals surface area (Å²) < 4.78 is 26.4. The molecule has 0 heterocycles. The van der Waals surface area contributed by atoms with Crippen molar-refractivity contribution in [2.24, 2.45) is 5.92 Å². The van der Waals surface area contributed by atoms with Gasteiger partial charge in [0.1, 0.15) is 23.2 Å². The van der Waals surface area contributed by atoms with E-state index in [0.29, 0.717) is 43.0 Å². The quantitative estimate of drug-likeness (QED) is 0.0353. The van der Waals surface area contributed by atoms with Gasteiger partial charge in [0.15, 0.2) is 12.2 Å². The van der Waals surface area contributed by atoms with Crippen molar-refractivity contribution in [2.75, 3.05) is 34.0 Å². The molecule has 0 spiro atoms. The monoisotopic (exact) mass is 775 g/mol. The molecule has 1 aromatic carbocycles. The molecule has 12 nitrogen and oxygen atoms in total. The maximum Gasteiger partial charge on any atom is 0.344 e. The number of ketones is 1. The number of aliphatic hydroxyl groups is 1. The van der Waals surface area contributed by atoms with Gasteiger partial charge in [-0.05, 0) is 70.6 Å². The number of benzene rings is 1. The van der Waals surface area contributed by atoms with Gasteiger partial charge in [0.25, 0.3) is 0 Å². The minimum absolute atomic E-state index is 0.0606. The number of rotatable bonds is 30. The van der Waals surface area contributed by atoms with E-state index in [1.165, 1.54) is 39.6 Å². The van der Waals surface area contributed by atoms with Crippen molar-refractivity contribution in [3.05, 3.63) is 42.0 Å². The zero-order valence-corrected chi connectivity index (χ0v) is 34.6. The first-order valence-electron chi connectivity index (χ1n) is 20.1. The summed E-state index contributed by atoms with van der Waals surface area (Å²) in [6.07, 6.45) is 15.4. The van der Waals surface area contributed by atoms with Gasteiger partial charge in [-0.2, -0.15) is 0 Å². The summed E-state index contributed by atoms with van der Waals surface area (Å²) in [4.78, 5) is 65.2. The molecular formula is C43H69NO11. The van der Waals surface area contributed by atoms with Crippen molar-refractivity contribution >= 4 is 29.6 Å². The maximum atomic E-state index is 14.1. The van der Waals surface area contributed by atoms with E-state index in [0.717, 1.165) is 51.4 Å². The van der Waals surface area contributed by atoms with Gasteiger partial charge in [0.2, 0.25) is 5.91 Å². The second-order valence-electron chi connectivity index (χ2n) is 15.0. The number of esters is 3. The molecule has 0 aliphatic heterocycles. The molecule has 1 aromatic rings. The Kier molecular flexibility index (Phi) is 24.9. The molecule has 0 aromatic heterocycles. The lowest BCUT2D eigenvalue weighted by molar-refractivity contribution is -0.182. The average Bonchev–Trinajstić information content (AvgIpc) is 3.14. The molecule has 0 aliphatic rings. The van der Waals surface area contributed by atoms with Gasteiger partial charge in [-0.15, -0.1) is 0 Å². The van der Waals surface area contributed by atoms with Crippen molar-refractivity contribution in [1.82, 2.24) is 5.32 Å². The number of carbonyl (C=O) groups is 5. The lowest BCUT2D eigenvalue weighted by Gasteiger charge is -2.32. The van der Waals surface area contributed by atoms with Gasteiger partial charge in [-0.3, -0.25) is 9.59 Å². The third-order valence-electron chi connectivity index (χ3n) is 8.98. The van der Waals surface area contributed by atoms with Crippen LogP contribution in [0.2, 0.25) is 0 Å². The molecule has 2 N–H and O–H groups in total. The molecule has 1 rings (SSSR count). The van der Waals surface area contributed by atoms with Crippen molar-refractivity contribution in [2.45, 2.75) is 155 Å². The van der Waals surface area contributed by atoms with Crippen LogP contribution in [0, 0.1) is 5.92 Å². The SMILES string of the molecule is CCCCCCCC(=O)CCCCCC/C=C/[C@H](C(=O)N[C@@H](Cc1ccc(OCCCC)cc1)C(=O)OC)[C@@](O)(CCOC)C(=O)OCC(=O)OC(C)(C)C. The molecule has 0 aliphatic carbocycles. The van der Waals surface area contributed by atoms with Gasteiger partial charge >= 0.3 is 17.9 Å². The van der Waals surface area contributed by atoms with E-state index in [2.05, 4.69) is 19.2 Å². The maximum absolute atomic E-state index is 14.1. The van der Waals surface area contributed by atoms with Crippen LogP contribution in [-0.2, 0) is 49.3 Å². The number of amides is 1. The molecule has 0 fully saturated rings. The number of nitrogens with one attached hydrogen (secondary N) is 1. The van der Waals surface area contributed by atoms with Crippen LogP contribution in [0.3, 0.4) is 0 Å². The van der Waals surface area contributed by atoms with Crippen molar-refractivity contribution in [3.8, 4) is 5.75 Å². The third-order valence-corrected chi connectivity index (χ3v) is 8.98. The average molecular weight is 776 g/mol. The minimum atomic E-state index is -2.48. The summed E-state index contributed by atoms with van der Waals surface area (Å²) in [5.74, 6) is -4.15. The van der Waals surface area contributed by atoms with Gasteiger partial charge in [-0.1, -0.05) is 83.1 Å². The van der Waals surface area contributed by atoms with Crippen LogP contribution >= 0.6 is 0 Å². The first kappa shape index (κ1) is 49.2. The molecule has 0 unspecified atom stereocenters. The van der Waals surface area contributed by atoms with Gasteiger partial charge in [-0.25, -0.2) is 14.4 Å². The van der Waals surface area contributed by atoms with Crippen LogP contribution in [0.4, 0.5) is 0 Å². The highest BCUT2D eigenvalue weighted by atomic mass is 16.6. The number of Topliss-reactive ketones (excluding diaryl/α,β-unsaturated/α-hetero) is 1. The molecule has 0 bridgehead atoms. The second kappa shape index (κ2) is 27.8. The number of carbonyl (C=O) groups excluding carboxylic acids is 5. The van der Waals surface area contributed by atoms with E-state index >= 15 is 0 Å². The molecule has 312 valence electrons. The largest absolute Gasteiger partial charge is 0.494 e. The van der Waals surface area contributed by atoms with E-state index in [-0.39, 0.29) is 19.4 Å². The van der Waals surface area contributed by atoms with Crippen LogP contribution in [0.15, 0.2) is 36.4 Å². The lowest BCUT2D eigenvalue weighted by Crippen LogP contribution is -2.56. The molecule has 3 atom stereocenters. The lowest BCUT2D eigenvalue weighted by atomic mass is 9.82. The molecule has 1 amide bonds. The summed E-state index contributed by atoms with van der Waals surface area (Å²) in [5.41, 5.74) is -2.60. The molecular weight excluding hydrogens is 706 g/mol. The highest BCUT2D eigenvalue weighted by molar-refractivity contribution is 5.94. The first-order valence-corrected chi connectivity index (χ1v) is 20.1. The highest BCUT2D eigenvalue weighted by Gasteiger charge is 2.48. The Bertz CT molecular complexity index is 1300. The smallest absolute Gasteiger partial charge is 0.344 e. The number of hydrogen-bond acceptors (Lipinski definition) is 11. The normalized spacial score (nSPS) is 13.7. The molecule has 0 saturated heterocycles.